The molecule has 1 aliphatic heterocycles. The second-order valence-corrected chi connectivity index (χ2v) is 4.66. The van der Waals surface area contributed by atoms with Gasteiger partial charge in [0, 0.05) is 12.6 Å². The van der Waals surface area contributed by atoms with E-state index in [4.69, 9.17) is 0 Å². The fourth-order valence-electron chi connectivity index (χ4n) is 2.14. The van der Waals surface area contributed by atoms with Gasteiger partial charge in [0.2, 0.25) is 0 Å². The number of carbonyl (C=O) groups is 1. The fraction of sp³-hybridized carbons (Fsp3) is 0.462. The summed E-state index contributed by atoms with van der Waals surface area (Å²) < 4.78 is 13.7. The van der Waals surface area contributed by atoms with Crippen LogP contribution in [0, 0.1) is 12.7 Å². The number of likely N-dealkylation sites (N-methyl/N-ethyl adjacent to an activating group) is 1. The van der Waals surface area contributed by atoms with Crippen molar-refractivity contribution in [1.82, 2.24) is 10.2 Å². The summed E-state index contributed by atoms with van der Waals surface area (Å²) in [6, 6.07) is 5.02. The van der Waals surface area contributed by atoms with E-state index in [0.717, 1.165) is 19.5 Å². The molecule has 1 N–H and O–H groups in total. The van der Waals surface area contributed by atoms with Gasteiger partial charge in [-0.05, 0) is 38.6 Å². The van der Waals surface area contributed by atoms with Crippen LogP contribution in [0.2, 0.25) is 0 Å². The zero-order valence-corrected chi connectivity index (χ0v) is 10.2. The summed E-state index contributed by atoms with van der Waals surface area (Å²) in [7, 11) is 2.01. The topological polar surface area (TPSA) is 32.3 Å². The number of benzene rings is 1. The van der Waals surface area contributed by atoms with E-state index in [1.807, 2.05) is 7.05 Å². The minimum Gasteiger partial charge on any atom is -0.348 e. The highest BCUT2D eigenvalue weighted by molar-refractivity contribution is 5.94. The van der Waals surface area contributed by atoms with E-state index >= 15 is 0 Å². The van der Waals surface area contributed by atoms with Crippen LogP contribution in [-0.2, 0) is 0 Å². The molecule has 1 amide bonds. The van der Waals surface area contributed by atoms with Gasteiger partial charge in [-0.2, -0.15) is 0 Å². The Morgan fingerprint density at radius 2 is 2.29 bits per heavy atom. The van der Waals surface area contributed by atoms with Gasteiger partial charge in [0.15, 0.2) is 0 Å². The Morgan fingerprint density at radius 1 is 1.53 bits per heavy atom. The van der Waals surface area contributed by atoms with E-state index in [0.29, 0.717) is 5.56 Å². The molecular formula is C13H17FN2O. The van der Waals surface area contributed by atoms with Crippen LogP contribution in [0.25, 0.3) is 0 Å². The number of nitrogens with one attached hydrogen (secondary N) is 1. The number of aryl methyl sites for hydroxylation is 1. The van der Waals surface area contributed by atoms with E-state index in [1.165, 1.54) is 6.07 Å². The van der Waals surface area contributed by atoms with Gasteiger partial charge in [-0.1, -0.05) is 12.1 Å². The van der Waals surface area contributed by atoms with E-state index in [2.05, 4.69) is 10.2 Å². The van der Waals surface area contributed by atoms with Crippen molar-refractivity contribution >= 4 is 5.91 Å². The Hall–Kier alpha value is -1.42. The summed E-state index contributed by atoms with van der Waals surface area (Å²) in [5.74, 6) is -0.733. The molecule has 2 rings (SSSR count). The number of amides is 1. The summed E-state index contributed by atoms with van der Waals surface area (Å²) >= 11 is 0. The first-order chi connectivity index (χ1) is 8.08. The third kappa shape index (κ3) is 2.64. The highest BCUT2D eigenvalue weighted by Gasteiger charge is 2.22. The van der Waals surface area contributed by atoms with Gasteiger partial charge in [0.05, 0.1) is 5.56 Å². The normalized spacial score (nSPS) is 20.5. The van der Waals surface area contributed by atoms with Gasteiger partial charge in [-0.15, -0.1) is 0 Å². The van der Waals surface area contributed by atoms with Gasteiger partial charge in [0.1, 0.15) is 5.82 Å². The van der Waals surface area contributed by atoms with Crippen molar-refractivity contribution in [2.24, 2.45) is 0 Å². The maximum Gasteiger partial charge on any atom is 0.254 e. The molecule has 1 saturated heterocycles. The molecule has 3 nitrogen and oxygen atoms in total. The third-order valence-electron chi connectivity index (χ3n) is 3.16. The summed E-state index contributed by atoms with van der Waals surface area (Å²) in [6.07, 6.45) is 0.926. The van der Waals surface area contributed by atoms with Crippen molar-refractivity contribution in [3.05, 3.63) is 35.1 Å². The minimum absolute atomic E-state index is 0.132. The smallest absolute Gasteiger partial charge is 0.254 e. The number of likely N-dealkylation sites (tertiary alicyclic amines) is 1. The van der Waals surface area contributed by atoms with Gasteiger partial charge < -0.3 is 10.2 Å². The monoisotopic (exact) mass is 236 g/mol. The maximum absolute atomic E-state index is 13.7. The van der Waals surface area contributed by atoms with Gasteiger partial charge in [-0.3, -0.25) is 4.79 Å². The quantitative estimate of drug-likeness (QED) is 0.845. The largest absolute Gasteiger partial charge is 0.348 e. The summed E-state index contributed by atoms with van der Waals surface area (Å²) in [6.45, 7) is 3.47. The van der Waals surface area contributed by atoms with E-state index in [9.17, 15) is 9.18 Å². The van der Waals surface area contributed by atoms with Gasteiger partial charge >= 0.3 is 0 Å². The SMILES string of the molecule is Cc1cccc(C(=O)NC2CCN(C)C2)c1F. The summed E-state index contributed by atoms with van der Waals surface area (Å²) in [5.41, 5.74) is 0.640. The molecule has 1 atom stereocenters. The zero-order valence-electron chi connectivity index (χ0n) is 10.2. The molecule has 0 saturated carbocycles. The Morgan fingerprint density at radius 3 is 2.94 bits per heavy atom. The number of hydrogen-bond acceptors (Lipinski definition) is 2. The molecule has 1 aliphatic rings. The zero-order chi connectivity index (χ0) is 12.4. The van der Waals surface area contributed by atoms with Crippen molar-refractivity contribution < 1.29 is 9.18 Å². The van der Waals surface area contributed by atoms with Crippen LogP contribution in [0.4, 0.5) is 4.39 Å². The van der Waals surface area contributed by atoms with Crippen LogP contribution in [0.15, 0.2) is 18.2 Å². The molecule has 1 fully saturated rings. The predicted molar refractivity (Wildman–Crippen MR) is 64.5 cm³/mol. The first-order valence-corrected chi connectivity index (χ1v) is 5.82. The molecule has 4 heteroatoms. The van der Waals surface area contributed by atoms with Crippen molar-refractivity contribution in [2.75, 3.05) is 20.1 Å². The van der Waals surface area contributed by atoms with Crippen LogP contribution < -0.4 is 5.32 Å². The highest BCUT2D eigenvalue weighted by Crippen LogP contribution is 2.13. The molecular weight excluding hydrogens is 219 g/mol. The Bertz CT molecular complexity index is 433. The average Bonchev–Trinajstić information content (AvgIpc) is 2.68. The average molecular weight is 236 g/mol. The molecule has 1 unspecified atom stereocenters. The lowest BCUT2D eigenvalue weighted by Crippen LogP contribution is -2.36. The molecule has 0 aromatic heterocycles. The molecule has 1 aromatic carbocycles. The Kier molecular flexibility index (Phi) is 3.43. The van der Waals surface area contributed by atoms with Crippen molar-refractivity contribution in [3.8, 4) is 0 Å². The van der Waals surface area contributed by atoms with Crippen LogP contribution in [-0.4, -0.2) is 37.0 Å². The van der Waals surface area contributed by atoms with Gasteiger partial charge in [-0.25, -0.2) is 4.39 Å². The lowest BCUT2D eigenvalue weighted by molar-refractivity contribution is 0.0934. The number of rotatable bonds is 2. The number of hydrogen-bond donors (Lipinski definition) is 1. The Balaban J connectivity index is 2.07. The maximum atomic E-state index is 13.7. The van der Waals surface area contributed by atoms with Crippen molar-refractivity contribution in [1.29, 1.82) is 0 Å². The molecule has 0 aliphatic carbocycles. The first kappa shape index (κ1) is 12.0. The lowest BCUT2D eigenvalue weighted by atomic mass is 10.1. The Labute approximate surface area is 101 Å². The lowest BCUT2D eigenvalue weighted by Gasteiger charge is -2.13. The molecule has 1 heterocycles. The summed E-state index contributed by atoms with van der Waals surface area (Å²) in [5, 5.41) is 2.87. The molecule has 1 aromatic rings. The van der Waals surface area contributed by atoms with E-state index in [-0.39, 0.29) is 17.5 Å². The van der Waals surface area contributed by atoms with Crippen LogP contribution in [0.5, 0.6) is 0 Å². The first-order valence-electron chi connectivity index (χ1n) is 5.82. The van der Waals surface area contributed by atoms with Crippen LogP contribution in [0.3, 0.4) is 0 Å². The van der Waals surface area contributed by atoms with E-state index in [1.54, 1.807) is 19.1 Å². The standard InChI is InChI=1S/C13H17FN2O/c1-9-4-3-5-11(12(9)14)13(17)15-10-6-7-16(2)8-10/h3-5,10H,6-8H2,1-2H3,(H,15,17). The third-order valence-corrected chi connectivity index (χ3v) is 3.16. The van der Waals surface area contributed by atoms with Gasteiger partial charge in [0.25, 0.3) is 5.91 Å². The molecule has 0 radical (unpaired) electrons. The van der Waals surface area contributed by atoms with E-state index < -0.39 is 5.82 Å². The summed E-state index contributed by atoms with van der Waals surface area (Å²) in [4.78, 5) is 14.1. The highest BCUT2D eigenvalue weighted by atomic mass is 19.1. The fourth-order valence-corrected chi connectivity index (χ4v) is 2.14. The second-order valence-electron chi connectivity index (χ2n) is 4.66. The van der Waals surface area contributed by atoms with Crippen molar-refractivity contribution in [3.63, 3.8) is 0 Å². The molecule has 0 spiro atoms. The van der Waals surface area contributed by atoms with Crippen LogP contribution >= 0.6 is 0 Å². The molecule has 0 bridgehead atoms. The molecule has 92 valence electrons. The second kappa shape index (κ2) is 4.84. The minimum atomic E-state index is -0.420. The van der Waals surface area contributed by atoms with Crippen LogP contribution in [0.1, 0.15) is 22.3 Å². The number of halogens is 1. The van der Waals surface area contributed by atoms with Crippen molar-refractivity contribution in [2.45, 2.75) is 19.4 Å². The molecule has 17 heavy (non-hydrogen) atoms. The predicted octanol–water partition coefficient (Wildman–Crippen LogP) is 1.57. The number of carbonyl (C=O) groups excluding carboxylic acids is 1. The number of nitrogens with zero attached hydrogens (tertiary/aromatic N) is 1.